The Labute approximate surface area is 239 Å². The van der Waals surface area contributed by atoms with E-state index in [0.29, 0.717) is 19.8 Å². The number of unbranched alkanes of at least 4 members (excludes halogenated alkanes) is 4. The van der Waals surface area contributed by atoms with Crippen LogP contribution in [0.3, 0.4) is 0 Å². The second kappa shape index (κ2) is 17.0. The summed E-state index contributed by atoms with van der Waals surface area (Å²) in [6.07, 6.45) is 2.74. The van der Waals surface area contributed by atoms with E-state index in [1.807, 2.05) is 91.0 Å². The molecule has 0 aliphatic carbocycles. The molecule has 5 nitrogen and oxygen atoms in total. The number of rotatable bonds is 14. The lowest BCUT2D eigenvalue weighted by molar-refractivity contribution is -0.258. The summed E-state index contributed by atoms with van der Waals surface area (Å²) in [5, 5.41) is 10.4. The molecule has 0 spiro atoms. The van der Waals surface area contributed by atoms with E-state index in [1.165, 1.54) is 19.3 Å². The maximum atomic E-state index is 10.4. The second-order valence-electron chi connectivity index (χ2n) is 10.2. The minimum absolute atomic E-state index is 0.204. The lowest BCUT2D eigenvalue weighted by Gasteiger charge is -2.44. The van der Waals surface area contributed by atoms with Crippen LogP contribution >= 0.6 is 0 Å². The fourth-order valence-corrected chi connectivity index (χ4v) is 4.86. The van der Waals surface area contributed by atoms with Crippen molar-refractivity contribution in [3.63, 3.8) is 0 Å². The van der Waals surface area contributed by atoms with Crippen molar-refractivity contribution in [2.75, 3.05) is 6.61 Å². The average molecular weight is 543 g/mol. The zero-order valence-corrected chi connectivity index (χ0v) is 23.5. The van der Waals surface area contributed by atoms with Crippen LogP contribution in [0.15, 0.2) is 91.0 Å². The topological polar surface area (TPSA) is 57.2 Å². The standard InChI is InChI=1S/C35H42O5/c1-2-3-4-5-6-16-23-31-33(37-25-28-17-10-7-11-18-28)35(39-27-30-21-14-9-15-22-30)34(32(24-36)40-31)38-26-29-19-12-8-13-20-29/h7-15,17-22,31-36H,2-6,24-27H2,1H3/t31-,32-,33+,34-,35-/m1/s1. The van der Waals surface area contributed by atoms with Crippen LogP contribution < -0.4 is 0 Å². The summed E-state index contributed by atoms with van der Waals surface area (Å²) in [5.74, 6) is 6.65. The van der Waals surface area contributed by atoms with Crippen LogP contribution in [0.5, 0.6) is 0 Å². The van der Waals surface area contributed by atoms with E-state index < -0.39 is 30.5 Å². The molecule has 5 heteroatoms. The van der Waals surface area contributed by atoms with E-state index in [4.69, 9.17) is 18.9 Å². The Morgan fingerprint density at radius 1 is 0.650 bits per heavy atom. The Hall–Kier alpha value is -2.98. The highest BCUT2D eigenvalue weighted by molar-refractivity contribution is 5.17. The predicted octanol–water partition coefficient (Wildman–Crippen LogP) is 6.48. The molecule has 4 rings (SSSR count). The van der Waals surface area contributed by atoms with Crippen molar-refractivity contribution < 1.29 is 24.1 Å². The summed E-state index contributed by atoms with van der Waals surface area (Å²) >= 11 is 0. The van der Waals surface area contributed by atoms with Gasteiger partial charge in [-0.2, -0.15) is 0 Å². The van der Waals surface area contributed by atoms with E-state index in [2.05, 4.69) is 18.8 Å². The van der Waals surface area contributed by atoms with Gasteiger partial charge in [0.05, 0.1) is 26.4 Å². The van der Waals surface area contributed by atoms with E-state index in [9.17, 15) is 5.11 Å². The second-order valence-corrected chi connectivity index (χ2v) is 10.2. The quantitative estimate of drug-likeness (QED) is 0.187. The van der Waals surface area contributed by atoms with Crippen molar-refractivity contribution in [3.8, 4) is 11.8 Å². The van der Waals surface area contributed by atoms with Crippen LogP contribution in [0.25, 0.3) is 0 Å². The summed E-state index contributed by atoms with van der Waals surface area (Å²) in [4.78, 5) is 0. The molecule has 0 amide bonds. The van der Waals surface area contributed by atoms with Crippen molar-refractivity contribution in [3.05, 3.63) is 108 Å². The third-order valence-electron chi connectivity index (χ3n) is 7.07. The third-order valence-corrected chi connectivity index (χ3v) is 7.07. The number of benzene rings is 3. The third kappa shape index (κ3) is 9.30. The highest BCUT2D eigenvalue weighted by atomic mass is 16.6. The van der Waals surface area contributed by atoms with Crippen LogP contribution in [-0.4, -0.2) is 42.2 Å². The number of ether oxygens (including phenoxy) is 4. The van der Waals surface area contributed by atoms with Crippen molar-refractivity contribution in [2.45, 2.75) is 89.4 Å². The molecule has 212 valence electrons. The molecule has 0 radical (unpaired) electrons. The monoisotopic (exact) mass is 542 g/mol. The smallest absolute Gasteiger partial charge is 0.147 e. The van der Waals surface area contributed by atoms with Gasteiger partial charge in [0.25, 0.3) is 0 Å². The van der Waals surface area contributed by atoms with Crippen LogP contribution in [-0.2, 0) is 38.8 Å². The first-order valence-electron chi connectivity index (χ1n) is 14.5. The Balaban J connectivity index is 1.58. The Morgan fingerprint density at radius 2 is 1.15 bits per heavy atom. The molecular weight excluding hydrogens is 500 g/mol. The maximum Gasteiger partial charge on any atom is 0.147 e. The van der Waals surface area contributed by atoms with Gasteiger partial charge in [-0.05, 0) is 23.1 Å². The van der Waals surface area contributed by atoms with Gasteiger partial charge in [-0.3, -0.25) is 0 Å². The van der Waals surface area contributed by atoms with Crippen molar-refractivity contribution in [1.82, 2.24) is 0 Å². The predicted molar refractivity (Wildman–Crippen MR) is 157 cm³/mol. The number of hydrogen-bond donors (Lipinski definition) is 1. The number of aliphatic hydroxyl groups excluding tert-OH is 1. The van der Waals surface area contributed by atoms with Gasteiger partial charge in [0.1, 0.15) is 30.5 Å². The fraction of sp³-hybridized carbons (Fsp3) is 0.429. The van der Waals surface area contributed by atoms with Crippen LogP contribution in [0.2, 0.25) is 0 Å². The number of hydrogen-bond acceptors (Lipinski definition) is 5. The molecule has 1 saturated heterocycles. The zero-order chi connectivity index (χ0) is 27.8. The molecule has 0 bridgehead atoms. The fourth-order valence-electron chi connectivity index (χ4n) is 4.86. The molecule has 40 heavy (non-hydrogen) atoms. The molecule has 1 aliphatic rings. The summed E-state index contributed by atoms with van der Waals surface area (Å²) in [6.45, 7) is 3.15. The molecule has 5 atom stereocenters. The summed E-state index contributed by atoms with van der Waals surface area (Å²) in [6, 6.07) is 30.1. The minimum Gasteiger partial charge on any atom is -0.394 e. The van der Waals surface area contributed by atoms with Crippen LogP contribution in [0.1, 0.15) is 55.7 Å². The molecule has 1 N–H and O–H groups in total. The average Bonchev–Trinajstić information content (AvgIpc) is 3.01. The molecule has 0 aromatic heterocycles. The molecule has 1 aliphatic heterocycles. The first-order valence-corrected chi connectivity index (χ1v) is 14.5. The molecule has 1 fully saturated rings. The lowest BCUT2D eigenvalue weighted by Crippen LogP contribution is -2.60. The molecule has 3 aromatic rings. The molecular formula is C35H42O5. The molecule has 0 unspecified atom stereocenters. The Kier molecular flexibility index (Phi) is 12.7. The highest BCUT2D eigenvalue weighted by Crippen LogP contribution is 2.30. The summed E-state index contributed by atoms with van der Waals surface area (Å²) in [5.41, 5.74) is 3.15. The number of aliphatic hydroxyl groups is 1. The minimum atomic E-state index is -0.597. The lowest BCUT2D eigenvalue weighted by atomic mass is 9.94. The van der Waals surface area contributed by atoms with Crippen LogP contribution in [0, 0.1) is 11.8 Å². The normalized spacial score (nSPS) is 22.4. The maximum absolute atomic E-state index is 10.4. The van der Waals surface area contributed by atoms with Gasteiger partial charge < -0.3 is 24.1 Å². The van der Waals surface area contributed by atoms with Gasteiger partial charge in [-0.25, -0.2) is 0 Å². The molecule has 3 aromatic carbocycles. The van der Waals surface area contributed by atoms with Gasteiger partial charge in [0.2, 0.25) is 0 Å². The first kappa shape index (κ1) is 30.0. The van der Waals surface area contributed by atoms with E-state index in [1.54, 1.807) is 0 Å². The van der Waals surface area contributed by atoms with E-state index >= 15 is 0 Å². The summed E-state index contributed by atoms with van der Waals surface area (Å²) < 4.78 is 26.0. The zero-order valence-electron chi connectivity index (χ0n) is 23.5. The Morgan fingerprint density at radius 3 is 1.65 bits per heavy atom. The van der Waals surface area contributed by atoms with Gasteiger partial charge in [0.15, 0.2) is 0 Å². The summed E-state index contributed by atoms with van der Waals surface area (Å²) in [7, 11) is 0. The first-order chi connectivity index (χ1) is 19.8. The van der Waals surface area contributed by atoms with Crippen molar-refractivity contribution in [2.24, 2.45) is 0 Å². The van der Waals surface area contributed by atoms with E-state index in [-0.39, 0.29) is 6.61 Å². The van der Waals surface area contributed by atoms with E-state index in [0.717, 1.165) is 29.5 Å². The highest BCUT2D eigenvalue weighted by Gasteiger charge is 2.47. The van der Waals surface area contributed by atoms with Gasteiger partial charge in [-0.15, -0.1) is 5.92 Å². The van der Waals surface area contributed by atoms with Crippen molar-refractivity contribution >= 4 is 0 Å². The Bertz CT molecular complexity index is 1140. The van der Waals surface area contributed by atoms with Crippen LogP contribution in [0.4, 0.5) is 0 Å². The SMILES string of the molecule is CCCCCCC#C[C@H]1O[C@H](CO)[C@@H](OCc2ccccc2)[C@H](OCc2ccccc2)[C@H]1OCc1ccccc1. The van der Waals surface area contributed by atoms with Crippen molar-refractivity contribution in [1.29, 1.82) is 0 Å². The van der Waals surface area contributed by atoms with Gasteiger partial charge in [-0.1, -0.05) is 123 Å². The molecule has 1 heterocycles. The largest absolute Gasteiger partial charge is 0.394 e. The van der Waals surface area contributed by atoms with Gasteiger partial charge >= 0.3 is 0 Å². The molecule has 0 saturated carbocycles. The van der Waals surface area contributed by atoms with Gasteiger partial charge in [0, 0.05) is 6.42 Å².